The van der Waals surface area contributed by atoms with Crippen molar-refractivity contribution in [3.8, 4) is 11.5 Å². The third-order valence-corrected chi connectivity index (χ3v) is 12.1. The Morgan fingerprint density at radius 1 is 0.917 bits per heavy atom. The lowest BCUT2D eigenvalue weighted by Crippen LogP contribution is -2.70. The molecule has 1 fully saturated rings. The van der Waals surface area contributed by atoms with Crippen LogP contribution in [0.4, 0.5) is 4.79 Å². The molecule has 2 aliphatic carbocycles. The number of hydrogen-bond acceptors (Lipinski definition) is 11. The average molecular weight is 843 g/mol. The van der Waals surface area contributed by atoms with Crippen molar-refractivity contribution in [3.63, 3.8) is 0 Å². The molecule has 12 heteroatoms. The highest BCUT2D eigenvalue weighted by molar-refractivity contribution is 6.03. The van der Waals surface area contributed by atoms with Gasteiger partial charge in [-0.2, -0.15) is 0 Å². The Labute approximate surface area is 360 Å². The molecule has 4 rings (SSSR count). The highest BCUT2D eigenvalue weighted by Gasteiger charge is 2.65. The summed E-state index contributed by atoms with van der Waals surface area (Å²) in [5.74, 6) is -1.41. The molecular weight excluding hydrogens is 765 g/mol. The molecule has 0 unspecified atom stereocenters. The second-order valence-electron chi connectivity index (χ2n) is 17.8. The summed E-state index contributed by atoms with van der Waals surface area (Å²) in [6.45, 7) is 12.9. The van der Waals surface area contributed by atoms with Gasteiger partial charge in [-0.05, 0) is 88.5 Å². The number of aliphatic hydroxyl groups excluding tert-OH is 3. The minimum Gasteiger partial charge on any atom is -0.508 e. The number of nitrogens with zero attached hydrogens (tertiary/aromatic N) is 2. The molecule has 0 saturated heterocycles. The number of aromatic hydroxyl groups is 1. The molecule has 12 nitrogen and oxygen atoms in total. The van der Waals surface area contributed by atoms with E-state index in [1.54, 1.807) is 29.2 Å². The smallest absolute Gasteiger partial charge is 0.410 e. The molecule has 0 spiro atoms. The predicted octanol–water partition coefficient (Wildman–Crippen LogP) is 9.19. The van der Waals surface area contributed by atoms with E-state index in [4.69, 9.17) is 28.9 Å². The highest BCUT2D eigenvalue weighted by atomic mass is 16.7. The van der Waals surface area contributed by atoms with E-state index in [9.17, 15) is 25.2 Å². The van der Waals surface area contributed by atoms with Gasteiger partial charge in [-0.25, -0.2) is 4.79 Å². The minimum atomic E-state index is -1.45. The lowest BCUT2D eigenvalue weighted by atomic mass is 9.55. The molecule has 1 heterocycles. The van der Waals surface area contributed by atoms with Crippen molar-refractivity contribution in [2.45, 2.75) is 160 Å². The zero-order chi connectivity index (χ0) is 43.4. The molecule has 340 valence electrons. The largest absolute Gasteiger partial charge is 0.508 e. The predicted molar refractivity (Wildman–Crippen MR) is 235 cm³/mol. The fraction of sp³-hybridized carbons (Fsp3) is 0.750. The van der Waals surface area contributed by atoms with Crippen molar-refractivity contribution in [2.24, 2.45) is 22.9 Å². The number of phenols is 1. The van der Waals surface area contributed by atoms with Crippen molar-refractivity contribution in [1.29, 1.82) is 0 Å². The van der Waals surface area contributed by atoms with E-state index in [0.29, 0.717) is 24.3 Å². The summed E-state index contributed by atoms with van der Waals surface area (Å²) in [7, 11) is 0. The molecule has 1 aromatic carbocycles. The van der Waals surface area contributed by atoms with E-state index in [-0.39, 0.29) is 82.7 Å². The Morgan fingerprint density at radius 3 is 2.25 bits per heavy atom. The summed E-state index contributed by atoms with van der Waals surface area (Å²) >= 11 is 0. The summed E-state index contributed by atoms with van der Waals surface area (Å²) < 4.78 is 26.0. The summed E-state index contributed by atoms with van der Waals surface area (Å²) in [4.78, 5) is 22.4. The van der Waals surface area contributed by atoms with Gasteiger partial charge in [-0.1, -0.05) is 94.9 Å². The number of oxime groups is 1. The standard InChI is InChI=1S/C48H78N2O10/c1-6-8-9-10-11-12-13-14-15-20-30-57-46(55)50(25-31-56-32-28-53)43-35-41(49-60-47(3,4)5)39-33-36(21-16-18-26-51)38(22-17-19-27-52)44-40-34-37(54)23-24-42(40)59-48(43,45(39)44)58-29-7-2/h7,23-24,33-34,36,38,43-45,51-54H,2,6,8-22,25-32,35H2,1,3-5H3/t36-,38+,43-,44+,45+,48+/m0/s1. The molecule has 0 bridgehead atoms. The summed E-state index contributed by atoms with van der Waals surface area (Å²) in [5.41, 5.74) is 1.84. The quantitative estimate of drug-likeness (QED) is 0.0348. The van der Waals surface area contributed by atoms with Crippen molar-refractivity contribution >= 4 is 11.8 Å². The van der Waals surface area contributed by atoms with Gasteiger partial charge in [0.2, 0.25) is 5.79 Å². The maximum atomic E-state index is 14.6. The number of aliphatic hydroxyl groups is 3. The second-order valence-corrected chi connectivity index (χ2v) is 17.8. The number of carbonyl (C=O) groups is 1. The van der Waals surface area contributed by atoms with E-state index in [1.807, 2.05) is 20.8 Å². The monoisotopic (exact) mass is 843 g/mol. The van der Waals surface area contributed by atoms with Crippen LogP contribution in [0.1, 0.15) is 148 Å². The lowest BCUT2D eigenvalue weighted by molar-refractivity contribution is -0.256. The second kappa shape index (κ2) is 25.7. The number of unbranched alkanes of at least 4 members (excludes halogenated alkanes) is 11. The molecule has 1 amide bonds. The number of allylic oxidation sites excluding steroid dienone is 1. The van der Waals surface area contributed by atoms with Gasteiger partial charge in [0.25, 0.3) is 0 Å². The fourth-order valence-corrected chi connectivity index (χ4v) is 9.39. The van der Waals surface area contributed by atoms with E-state index in [2.05, 4.69) is 19.6 Å². The van der Waals surface area contributed by atoms with Crippen LogP contribution in [0.15, 0.2) is 47.7 Å². The van der Waals surface area contributed by atoms with Crippen LogP contribution in [-0.4, -0.2) is 107 Å². The maximum absolute atomic E-state index is 14.6. The van der Waals surface area contributed by atoms with Crippen LogP contribution < -0.4 is 4.74 Å². The number of ether oxygens (including phenoxy) is 4. The van der Waals surface area contributed by atoms with Gasteiger partial charge in [0.1, 0.15) is 23.1 Å². The normalized spacial score (nSPS) is 23.9. The number of fused-ring (bicyclic) bond motifs is 2. The number of phenolic OH excluding ortho intramolecular Hbond substituents is 1. The molecule has 1 aliphatic heterocycles. The molecule has 1 saturated carbocycles. The molecule has 6 atom stereocenters. The van der Waals surface area contributed by atoms with Gasteiger partial charge in [-0.15, -0.1) is 6.58 Å². The first-order valence-electron chi connectivity index (χ1n) is 23.1. The van der Waals surface area contributed by atoms with Crippen LogP contribution in [0.2, 0.25) is 0 Å². The number of rotatable bonds is 29. The Morgan fingerprint density at radius 2 is 1.60 bits per heavy atom. The van der Waals surface area contributed by atoms with Crippen LogP contribution in [-0.2, 0) is 19.0 Å². The fourth-order valence-electron chi connectivity index (χ4n) is 9.39. The van der Waals surface area contributed by atoms with Crippen molar-refractivity contribution in [3.05, 3.63) is 48.1 Å². The average Bonchev–Trinajstić information content (AvgIpc) is 3.22. The molecule has 3 aliphatic rings. The van der Waals surface area contributed by atoms with Crippen molar-refractivity contribution in [1.82, 2.24) is 4.90 Å². The number of benzene rings is 1. The van der Waals surface area contributed by atoms with Crippen LogP contribution >= 0.6 is 0 Å². The zero-order valence-electron chi connectivity index (χ0n) is 37.3. The highest BCUT2D eigenvalue weighted by Crippen LogP contribution is 2.62. The van der Waals surface area contributed by atoms with E-state index in [0.717, 1.165) is 56.1 Å². The summed E-state index contributed by atoms with van der Waals surface area (Å²) in [5, 5.41) is 45.1. The molecular formula is C48H78N2O10. The molecule has 0 aromatic heterocycles. The topological polar surface area (TPSA) is 160 Å². The first-order valence-corrected chi connectivity index (χ1v) is 23.1. The molecule has 4 N–H and O–H groups in total. The third-order valence-electron chi connectivity index (χ3n) is 12.1. The zero-order valence-corrected chi connectivity index (χ0v) is 37.3. The van der Waals surface area contributed by atoms with Gasteiger partial charge in [0.05, 0.1) is 44.7 Å². The van der Waals surface area contributed by atoms with Gasteiger partial charge >= 0.3 is 6.09 Å². The summed E-state index contributed by atoms with van der Waals surface area (Å²) in [6.07, 6.45) is 19.9. The van der Waals surface area contributed by atoms with Crippen LogP contribution in [0, 0.1) is 17.8 Å². The summed E-state index contributed by atoms with van der Waals surface area (Å²) in [6, 6.07) is 4.42. The van der Waals surface area contributed by atoms with Crippen LogP contribution in [0.3, 0.4) is 0 Å². The Hall–Kier alpha value is -3.16. The van der Waals surface area contributed by atoms with E-state index in [1.165, 1.54) is 44.9 Å². The minimum absolute atomic E-state index is 0.0355. The SMILES string of the molecule is C=CCO[C@@]12Oc3ccc(O)cc3[C@H]3[C@H](CCCCO)[C@@H](CCCCO)C=C(C(=NOC(C)(C)C)C[C@@H]1N(CCOCCO)C(=O)OCCCCCCCCCCCC)[C@H]32. The van der Waals surface area contributed by atoms with Gasteiger partial charge < -0.3 is 44.2 Å². The number of amides is 1. The third kappa shape index (κ3) is 13.9. The van der Waals surface area contributed by atoms with Crippen LogP contribution in [0.5, 0.6) is 11.5 Å². The van der Waals surface area contributed by atoms with Gasteiger partial charge in [-0.3, -0.25) is 4.90 Å². The first kappa shape index (κ1) is 49.5. The van der Waals surface area contributed by atoms with E-state index < -0.39 is 29.4 Å². The molecule has 1 aromatic rings. The number of carbonyl (C=O) groups excluding carboxylic acids is 1. The molecule has 60 heavy (non-hydrogen) atoms. The number of hydrogen-bond donors (Lipinski definition) is 4. The molecule has 0 radical (unpaired) electrons. The van der Waals surface area contributed by atoms with Crippen molar-refractivity contribution in [2.75, 3.05) is 52.8 Å². The van der Waals surface area contributed by atoms with Crippen molar-refractivity contribution < 1.29 is 49.0 Å². The maximum Gasteiger partial charge on any atom is 0.410 e. The Bertz CT molecular complexity index is 1490. The Kier molecular flexibility index (Phi) is 21.2. The van der Waals surface area contributed by atoms with Gasteiger partial charge in [0.15, 0.2) is 0 Å². The van der Waals surface area contributed by atoms with E-state index >= 15 is 0 Å². The first-order chi connectivity index (χ1) is 29.0. The van der Waals surface area contributed by atoms with Gasteiger partial charge in [0, 0.05) is 37.7 Å². The Balaban J connectivity index is 1.80. The van der Waals surface area contributed by atoms with Crippen LogP contribution in [0.25, 0.3) is 0 Å². The lowest BCUT2D eigenvalue weighted by Gasteiger charge is -2.59.